The van der Waals surface area contributed by atoms with Gasteiger partial charge in [0.05, 0.1) is 11.6 Å². The van der Waals surface area contributed by atoms with E-state index in [1.807, 2.05) is 13.0 Å². The SMILES string of the molecule is CCOc1cc(CNCC(C)C)c(Cl)cn1. The fraction of sp³-hybridized carbons (Fsp3) is 0.583. The molecule has 0 radical (unpaired) electrons. The molecule has 0 amide bonds. The van der Waals surface area contributed by atoms with Gasteiger partial charge >= 0.3 is 0 Å². The van der Waals surface area contributed by atoms with E-state index in [4.69, 9.17) is 16.3 Å². The Kier molecular flexibility index (Phi) is 5.56. The highest BCUT2D eigenvalue weighted by Crippen LogP contribution is 2.19. The van der Waals surface area contributed by atoms with Gasteiger partial charge in [0.1, 0.15) is 0 Å². The van der Waals surface area contributed by atoms with Crippen LogP contribution in [0.1, 0.15) is 26.3 Å². The summed E-state index contributed by atoms with van der Waals surface area (Å²) >= 11 is 6.05. The Morgan fingerprint density at radius 2 is 2.25 bits per heavy atom. The van der Waals surface area contributed by atoms with E-state index < -0.39 is 0 Å². The summed E-state index contributed by atoms with van der Waals surface area (Å²) in [5.74, 6) is 1.26. The van der Waals surface area contributed by atoms with Crippen LogP contribution >= 0.6 is 11.6 Å². The number of nitrogens with one attached hydrogen (secondary N) is 1. The Bertz CT molecular complexity index is 329. The highest BCUT2D eigenvalue weighted by molar-refractivity contribution is 6.31. The predicted molar refractivity (Wildman–Crippen MR) is 67.0 cm³/mol. The van der Waals surface area contributed by atoms with Gasteiger partial charge in [-0.25, -0.2) is 4.98 Å². The Hall–Kier alpha value is -0.800. The number of ether oxygens (including phenoxy) is 1. The monoisotopic (exact) mass is 242 g/mol. The van der Waals surface area contributed by atoms with E-state index in [-0.39, 0.29) is 0 Å². The smallest absolute Gasteiger partial charge is 0.213 e. The van der Waals surface area contributed by atoms with Gasteiger partial charge in [-0.1, -0.05) is 25.4 Å². The second-order valence-electron chi connectivity index (χ2n) is 4.07. The summed E-state index contributed by atoms with van der Waals surface area (Å²) in [7, 11) is 0. The second kappa shape index (κ2) is 6.71. The molecular weight excluding hydrogens is 224 g/mol. The zero-order chi connectivity index (χ0) is 12.0. The van der Waals surface area contributed by atoms with Crippen LogP contribution < -0.4 is 10.1 Å². The topological polar surface area (TPSA) is 34.1 Å². The molecule has 1 aromatic heterocycles. The molecule has 3 nitrogen and oxygen atoms in total. The van der Waals surface area contributed by atoms with Crippen molar-refractivity contribution in [1.29, 1.82) is 0 Å². The minimum absolute atomic E-state index is 0.619. The predicted octanol–water partition coefficient (Wildman–Crippen LogP) is 2.88. The number of hydrogen-bond donors (Lipinski definition) is 1. The number of aromatic nitrogens is 1. The van der Waals surface area contributed by atoms with Crippen molar-refractivity contribution in [2.24, 2.45) is 5.92 Å². The van der Waals surface area contributed by atoms with E-state index in [2.05, 4.69) is 24.1 Å². The zero-order valence-electron chi connectivity index (χ0n) is 10.1. The molecule has 0 aliphatic rings. The number of pyridine rings is 1. The van der Waals surface area contributed by atoms with E-state index in [0.717, 1.165) is 18.7 Å². The molecule has 0 fully saturated rings. The third-order valence-corrected chi connectivity index (χ3v) is 2.41. The van der Waals surface area contributed by atoms with Crippen molar-refractivity contribution < 1.29 is 4.74 Å². The quantitative estimate of drug-likeness (QED) is 0.833. The average molecular weight is 243 g/mol. The largest absolute Gasteiger partial charge is 0.478 e. The van der Waals surface area contributed by atoms with Gasteiger partial charge in [-0.2, -0.15) is 0 Å². The molecule has 0 aliphatic carbocycles. The molecule has 90 valence electrons. The highest BCUT2D eigenvalue weighted by atomic mass is 35.5. The lowest BCUT2D eigenvalue weighted by atomic mass is 10.2. The molecule has 0 aromatic carbocycles. The first kappa shape index (κ1) is 13.3. The van der Waals surface area contributed by atoms with Gasteiger partial charge in [-0.05, 0) is 24.9 Å². The molecule has 1 N–H and O–H groups in total. The van der Waals surface area contributed by atoms with Gasteiger partial charge in [-0.15, -0.1) is 0 Å². The third kappa shape index (κ3) is 4.37. The average Bonchev–Trinajstić information content (AvgIpc) is 2.22. The lowest BCUT2D eigenvalue weighted by Gasteiger charge is -2.10. The van der Waals surface area contributed by atoms with E-state index in [9.17, 15) is 0 Å². The van der Waals surface area contributed by atoms with Crippen LogP contribution in [0, 0.1) is 5.92 Å². The van der Waals surface area contributed by atoms with Crippen LogP contribution in [-0.2, 0) is 6.54 Å². The van der Waals surface area contributed by atoms with Gasteiger partial charge in [-0.3, -0.25) is 0 Å². The zero-order valence-corrected chi connectivity index (χ0v) is 10.8. The normalized spacial score (nSPS) is 10.8. The summed E-state index contributed by atoms with van der Waals surface area (Å²) in [5.41, 5.74) is 1.03. The van der Waals surface area contributed by atoms with Crippen molar-refractivity contribution in [2.45, 2.75) is 27.3 Å². The van der Waals surface area contributed by atoms with Crippen LogP contribution in [0.5, 0.6) is 5.88 Å². The number of nitrogens with zero attached hydrogens (tertiary/aromatic N) is 1. The molecule has 0 aliphatic heterocycles. The van der Waals surface area contributed by atoms with Crippen LogP contribution in [0.4, 0.5) is 0 Å². The number of halogens is 1. The lowest BCUT2D eigenvalue weighted by molar-refractivity contribution is 0.326. The van der Waals surface area contributed by atoms with Crippen molar-refractivity contribution >= 4 is 11.6 Å². The van der Waals surface area contributed by atoms with Gasteiger partial charge in [0.15, 0.2) is 0 Å². The molecule has 0 saturated carbocycles. The van der Waals surface area contributed by atoms with E-state index in [0.29, 0.717) is 23.4 Å². The molecule has 4 heteroatoms. The molecule has 0 unspecified atom stereocenters. The Morgan fingerprint density at radius 1 is 1.50 bits per heavy atom. The first-order chi connectivity index (χ1) is 7.63. The first-order valence-corrected chi connectivity index (χ1v) is 5.99. The summed E-state index contributed by atoms with van der Waals surface area (Å²) in [4.78, 5) is 4.09. The molecule has 16 heavy (non-hydrogen) atoms. The van der Waals surface area contributed by atoms with Crippen LogP contribution in [0.15, 0.2) is 12.3 Å². The standard InChI is InChI=1S/C12H19ClN2O/c1-4-16-12-5-10(11(13)8-15-12)7-14-6-9(2)3/h5,8-9,14H,4,6-7H2,1-3H3. The van der Waals surface area contributed by atoms with Crippen molar-refractivity contribution in [2.75, 3.05) is 13.2 Å². The van der Waals surface area contributed by atoms with Crippen molar-refractivity contribution in [1.82, 2.24) is 10.3 Å². The van der Waals surface area contributed by atoms with Gasteiger partial charge < -0.3 is 10.1 Å². The summed E-state index contributed by atoms with van der Waals surface area (Å²) in [6.07, 6.45) is 1.64. The van der Waals surface area contributed by atoms with Crippen LogP contribution in [0.2, 0.25) is 5.02 Å². The summed E-state index contributed by atoms with van der Waals surface area (Å²) in [6.45, 7) is 8.63. The molecule has 0 saturated heterocycles. The maximum absolute atomic E-state index is 6.05. The minimum atomic E-state index is 0.619. The molecule has 1 rings (SSSR count). The summed E-state index contributed by atoms with van der Waals surface area (Å²) < 4.78 is 5.33. The third-order valence-electron chi connectivity index (χ3n) is 2.07. The fourth-order valence-corrected chi connectivity index (χ4v) is 1.49. The van der Waals surface area contributed by atoms with Gasteiger partial charge in [0, 0.05) is 18.8 Å². The minimum Gasteiger partial charge on any atom is -0.478 e. The Morgan fingerprint density at radius 3 is 2.88 bits per heavy atom. The first-order valence-electron chi connectivity index (χ1n) is 5.61. The Labute approximate surface area is 102 Å². The van der Waals surface area contributed by atoms with Crippen molar-refractivity contribution in [3.8, 4) is 5.88 Å². The van der Waals surface area contributed by atoms with Crippen LogP contribution in [-0.4, -0.2) is 18.1 Å². The highest BCUT2D eigenvalue weighted by Gasteiger charge is 2.04. The van der Waals surface area contributed by atoms with E-state index >= 15 is 0 Å². The molecule has 1 aromatic rings. The molecule has 0 atom stereocenters. The van der Waals surface area contributed by atoms with Crippen LogP contribution in [0.25, 0.3) is 0 Å². The van der Waals surface area contributed by atoms with Crippen LogP contribution in [0.3, 0.4) is 0 Å². The van der Waals surface area contributed by atoms with Crippen molar-refractivity contribution in [3.63, 3.8) is 0 Å². The lowest BCUT2D eigenvalue weighted by Crippen LogP contribution is -2.19. The maximum atomic E-state index is 6.05. The molecule has 0 spiro atoms. The molecule has 1 heterocycles. The molecular formula is C12H19ClN2O. The Balaban J connectivity index is 2.59. The maximum Gasteiger partial charge on any atom is 0.213 e. The fourth-order valence-electron chi connectivity index (χ4n) is 1.32. The summed E-state index contributed by atoms with van der Waals surface area (Å²) in [5, 5.41) is 4.02. The van der Waals surface area contributed by atoms with Gasteiger partial charge in [0.25, 0.3) is 0 Å². The van der Waals surface area contributed by atoms with Gasteiger partial charge in [0.2, 0.25) is 5.88 Å². The van der Waals surface area contributed by atoms with E-state index in [1.54, 1.807) is 6.20 Å². The number of hydrogen-bond acceptors (Lipinski definition) is 3. The van der Waals surface area contributed by atoms with E-state index in [1.165, 1.54) is 0 Å². The number of rotatable bonds is 6. The molecule has 0 bridgehead atoms. The second-order valence-corrected chi connectivity index (χ2v) is 4.48. The summed E-state index contributed by atoms with van der Waals surface area (Å²) in [6, 6.07) is 1.89. The van der Waals surface area contributed by atoms with Crippen molar-refractivity contribution in [3.05, 3.63) is 22.8 Å².